The number of rotatable bonds is 18. The van der Waals surface area contributed by atoms with Crippen LogP contribution in [0.15, 0.2) is 0 Å². The summed E-state index contributed by atoms with van der Waals surface area (Å²) in [5.74, 6) is 0. The Morgan fingerprint density at radius 3 is 1.35 bits per heavy atom. The van der Waals surface area contributed by atoms with E-state index in [0.29, 0.717) is 0 Å². The molecule has 23 heavy (non-hydrogen) atoms. The summed E-state index contributed by atoms with van der Waals surface area (Å²) in [5, 5.41) is 3.59. The second kappa shape index (κ2) is 18.2. The van der Waals surface area contributed by atoms with Crippen LogP contribution in [-0.2, 0) is 0 Å². The first kappa shape index (κ1) is 22.9. The van der Waals surface area contributed by atoms with Crippen LogP contribution in [0.2, 0.25) is 0 Å². The first-order chi connectivity index (χ1) is 11.3. The molecule has 0 bridgehead atoms. The second-order valence-corrected chi connectivity index (χ2v) is 6.85. The van der Waals surface area contributed by atoms with Crippen LogP contribution < -0.4 is 5.32 Å². The van der Waals surface area contributed by atoms with Crippen LogP contribution >= 0.6 is 0 Å². The van der Waals surface area contributed by atoms with Gasteiger partial charge in [-0.3, -0.25) is 0 Å². The molecule has 0 aromatic heterocycles. The first-order valence-corrected chi connectivity index (χ1v) is 10.4. The molecule has 0 aromatic carbocycles. The van der Waals surface area contributed by atoms with Crippen molar-refractivity contribution in [3.8, 4) is 0 Å². The van der Waals surface area contributed by atoms with Gasteiger partial charge in [-0.25, -0.2) is 0 Å². The summed E-state index contributed by atoms with van der Waals surface area (Å²) in [6, 6.07) is 0. The smallest absolute Gasteiger partial charge is 0.0110 e. The lowest BCUT2D eigenvalue weighted by Gasteiger charge is -2.28. The minimum atomic E-state index is 1.15. The normalized spacial score (nSPS) is 11.7. The Morgan fingerprint density at radius 1 is 0.478 bits per heavy atom. The van der Waals surface area contributed by atoms with Crippen molar-refractivity contribution in [1.29, 1.82) is 0 Å². The number of hydrogen-bond donors (Lipinski definition) is 1. The molecule has 0 amide bonds. The molecule has 0 saturated carbocycles. The van der Waals surface area contributed by atoms with Gasteiger partial charge >= 0.3 is 0 Å². The fourth-order valence-corrected chi connectivity index (χ4v) is 2.76. The summed E-state index contributed by atoms with van der Waals surface area (Å²) < 4.78 is 0. The van der Waals surface area contributed by atoms with Gasteiger partial charge in [0.05, 0.1) is 0 Å². The summed E-state index contributed by atoms with van der Waals surface area (Å²) in [6.07, 6.45) is 10.5. The summed E-state index contributed by atoms with van der Waals surface area (Å²) in [4.78, 5) is 5.36. The highest BCUT2D eigenvalue weighted by Gasteiger charge is 2.08. The van der Waals surface area contributed by atoms with E-state index in [1.165, 1.54) is 97.2 Å². The second-order valence-electron chi connectivity index (χ2n) is 6.85. The predicted molar refractivity (Wildman–Crippen MR) is 105 cm³/mol. The molecule has 0 aromatic rings. The number of nitrogens with zero attached hydrogens (tertiary/aromatic N) is 2. The van der Waals surface area contributed by atoms with Crippen molar-refractivity contribution in [2.24, 2.45) is 0 Å². The summed E-state index contributed by atoms with van der Waals surface area (Å²) in [6.45, 7) is 19.0. The van der Waals surface area contributed by atoms with Crippen LogP contribution in [-0.4, -0.2) is 62.2 Å². The highest BCUT2D eigenvalue weighted by molar-refractivity contribution is 4.65. The van der Waals surface area contributed by atoms with E-state index in [2.05, 4.69) is 42.8 Å². The number of hydrogen-bond acceptors (Lipinski definition) is 3. The largest absolute Gasteiger partial charge is 0.315 e. The van der Waals surface area contributed by atoms with Gasteiger partial charge in [0.1, 0.15) is 0 Å². The highest BCUT2D eigenvalue weighted by Crippen LogP contribution is 2.01. The van der Waals surface area contributed by atoms with E-state index in [9.17, 15) is 0 Å². The minimum absolute atomic E-state index is 1.15. The Balaban J connectivity index is 4.08. The van der Waals surface area contributed by atoms with Gasteiger partial charge in [0.15, 0.2) is 0 Å². The molecule has 140 valence electrons. The number of unbranched alkanes of at least 4 members (excludes halogenated alkanes) is 4. The molecule has 1 N–H and O–H groups in total. The van der Waals surface area contributed by atoms with Crippen LogP contribution in [0.3, 0.4) is 0 Å². The molecule has 0 atom stereocenters. The molecule has 0 aliphatic heterocycles. The van der Waals surface area contributed by atoms with E-state index >= 15 is 0 Å². The molecule has 0 aliphatic rings. The molecule has 3 nitrogen and oxygen atoms in total. The molecular weight excluding hydrogens is 282 g/mol. The molecule has 0 rings (SSSR count). The van der Waals surface area contributed by atoms with E-state index < -0.39 is 0 Å². The molecule has 0 unspecified atom stereocenters. The zero-order valence-corrected chi connectivity index (χ0v) is 16.7. The van der Waals surface area contributed by atoms with Crippen LogP contribution in [0.25, 0.3) is 0 Å². The third-order valence-electron chi connectivity index (χ3n) is 4.53. The zero-order valence-electron chi connectivity index (χ0n) is 16.7. The zero-order chi connectivity index (χ0) is 17.2. The molecule has 0 aliphatic carbocycles. The maximum atomic E-state index is 3.59. The first-order valence-electron chi connectivity index (χ1n) is 10.4. The number of nitrogens with one attached hydrogen (secondary N) is 1. The predicted octanol–water partition coefficient (Wildman–Crippen LogP) is 4.38. The maximum absolute atomic E-state index is 3.59. The average Bonchev–Trinajstić information content (AvgIpc) is 2.57. The van der Waals surface area contributed by atoms with Crippen molar-refractivity contribution < 1.29 is 0 Å². The molecular formula is C20H45N3. The molecule has 0 spiro atoms. The maximum Gasteiger partial charge on any atom is 0.0110 e. The van der Waals surface area contributed by atoms with Crippen LogP contribution in [0.4, 0.5) is 0 Å². The Labute approximate surface area is 147 Å². The Bertz CT molecular complexity index is 213. The molecule has 0 radical (unpaired) electrons. The summed E-state index contributed by atoms with van der Waals surface area (Å²) in [5.41, 5.74) is 0. The Kier molecular flexibility index (Phi) is 18.1. The van der Waals surface area contributed by atoms with Gasteiger partial charge in [0, 0.05) is 26.2 Å². The molecule has 3 heteroatoms. The van der Waals surface area contributed by atoms with Crippen LogP contribution in [0.1, 0.15) is 79.1 Å². The summed E-state index contributed by atoms with van der Waals surface area (Å²) in [7, 11) is 0. The Morgan fingerprint density at radius 2 is 0.913 bits per heavy atom. The van der Waals surface area contributed by atoms with Gasteiger partial charge in [0.25, 0.3) is 0 Å². The van der Waals surface area contributed by atoms with E-state index in [1.54, 1.807) is 0 Å². The van der Waals surface area contributed by atoms with Crippen molar-refractivity contribution in [2.75, 3.05) is 52.4 Å². The highest BCUT2D eigenvalue weighted by atomic mass is 15.2. The average molecular weight is 328 g/mol. The minimum Gasteiger partial charge on any atom is -0.315 e. The van der Waals surface area contributed by atoms with E-state index in [4.69, 9.17) is 0 Å². The third kappa shape index (κ3) is 15.2. The van der Waals surface area contributed by atoms with Crippen molar-refractivity contribution >= 4 is 0 Å². The van der Waals surface area contributed by atoms with E-state index in [0.717, 1.165) is 6.54 Å². The van der Waals surface area contributed by atoms with E-state index in [1.807, 2.05) is 0 Å². The van der Waals surface area contributed by atoms with Gasteiger partial charge in [-0.15, -0.1) is 0 Å². The molecule has 0 heterocycles. The molecule has 0 saturated heterocycles. The summed E-state index contributed by atoms with van der Waals surface area (Å²) >= 11 is 0. The molecule has 0 fully saturated rings. The SMILES string of the molecule is CCCCNCCN(CCCC)CCN(CCCC)CCCC. The Hall–Kier alpha value is -0.120. The quantitative estimate of drug-likeness (QED) is 0.377. The lowest BCUT2D eigenvalue weighted by Crippen LogP contribution is -2.39. The van der Waals surface area contributed by atoms with Crippen molar-refractivity contribution in [1.82, 2.24) is 15.1 Å². The van der Waals surface area contributed by atoms with Gasteiger partial charge in [-0.05, 0) is 51.9 Å². The lowest BCUT2D eigenvalue weighted by molar-refractivity contribution is 0.198. The van der Waals surface area contributed by atoms with Crippen LogP contribution in [0.5, 0.6) is 0 Å². The van der Waals surface area contributed by atoms with Gasteiger partial charge in [-0.1, -0.05) is 53.4 Å². The van der Waals surface area contributed by atoms with Crippen molar-refractivity contribution in [3.63, 3.8) is 0 Å². The standard InChI is InChI=1S/C20H45N3/c1-5-9-13-21-14-18-23(17-12-8-4)20-19-22(15-10-6-2)16-11-7-3/h21H,5-20H2,1-4H3. The van der Waals surface area contributed by atoms with Crippen molar-refractivity contribution in [3.05, 3.63) is 0 Å². The van der Waals surface area contributed by atoms with E-state index in [-0.39, 0.29) is 0 Å². The van der Waals surface area contributed by atoms with Gasteiger partial charge in [-0.2, -0.15) is 0 Å². The van der Waals surface area contributed by atoms with Crippen molar-refractivity contribution in [2.45, 2.75) is 79.1 Å². The lowest BCUT2D eigenvalue weighted by atomic mass is 10.2. The fourth-order valence-electron chi connectivity index (χ4n) is 2.76. The van der Waals surface area contributed by atoms with Gasteiger partial charge in [0.2, 0.25) is 0 Å². The topological polar surface area (TPSA) is 18.5 Å². The fraction of sp³-hybridized carbons (Fsp3) is 1.00. The third-order valence-corrected chi connectivity index (χ3v) is 4.53. The monoisotopic (exact) mass is 327 g/mol. The van der Waals surface area contributed by atoms with Crippen LogP contribution in [0, 0.1) is 0 Å². The van der Waals surface area contributed by atoms with Gasteiger partial charge < -0.3 is 15.1 Å².